The molecule has 0 aliphatic heterocycles. The second-order valence-electron chi connectivity index (χ2n) is 6.29. The highest BCUT2D eigenvalue weighted by molar-refractivity contribution is 6.06. The number of aryl methyl sites for hydroxylation is 1. The Kier molecular flexibility index (Phi) is 5.59. The summed E-state index contributed by atoms with van der Waals surface area (Å²) >= 11 is 0. The Morgan fingerprint density at radius 3 is 2.35 bits per heavy atom. The molecule has 0 radical (unpaired) electrons. The maximum Gasteiger partial charge on any atom is 0.221 e. The van der Waals surface area contributed by atoms with Crippen LogP contribution in [0.1, 0.15) is 52.9 Å². The van der Waals surface area contributed by atoms with Crippen molar-refractivity contribution in [2.45, 2.75) is 40.7 Å². The van der Waals surface area contributed by atoms with Crippen molar-refractivity contribution in [2.75, 3.05) is 10.6 Å². The molecule has 1 aromatic carbocycles. The van der Waals surface area contributed by atoms with Crippen LogP contribution in [0.25, 0.3) is 0 Å². The Balaban J connectivity index is 2.24. The molecule has 2 rings (SSSR count). The zero-order valence-corrected chi connectivity index (χ0v) is 15.4. The third-order valence-electron chi connectivity index (χ3n) is 4.09. The zero-order chi connectivity index (χ0) is 19.6. The van der Waals surface area contributed by atoms with Crippen LogP contribution in [0.2, 0.25) is 0 Å². The van der Waals surface area contributed by atoms with Crippen molar-refractivity contribution in [3.63, 3.8) is 0 Å². The number of hydrogen-bond donors (Lipinski definition) is 3. The van der Waals surface area contributed by atoms with Gasteiger partial charge in [0.05, 0.1) is 17.4 Å². The normalized spacial score (nSPS) is 11.8. The van der Waals surface area contributed by atoms with Gasteiger partial charge in [-0.2, -0.15) is 0 Å². The Bertz CT molecular complexity index is 886. The van der Waals surface area contributed by atoms with E-state index in [0.717, 1.165) is 0 Å². The van der Waals surface area contributed by atoms with E-state index in [9.17, 15) is 18.8 Å². The van der Waals surface area contributed by atoms with Crippen LogP contribution in [-0.2, 0) is 4.79 Å². The summed E-state index contributed by atoms with van der Waals surface area (Å²) in [5.41, 5.74) is 2.69. The van der Waals surface area contributed by atoms with E-state index in [1.165, 1.54) is 32.0 Å². The summed E-state index contributed by atoms with van der Waals surface area (Å²) in [4.78, 5) is 38.6. The van der Waals surface area contributed by atoms with Crippen molar-refractivity contribution in [3.05, 3.63) is 46.5 Å². The molecule has 26 heavy (non-hydrogen) atoms. The Labute approximate surface area is 151 Å². The SMILES string of the molecule is CC(=O)Nc1cc(NC(C)C(=O)c2[nH]c(C)c(C(C)=O)c2C)ccc1F. The maximum absolute atomic E-state index is 13.7. The van der Waals surface area contributed by atoms with E-state index in [2.05, 4.69) is 15.6 Å². The number of aromatic amines is 1. The molecule has 1 atom stereocenters. The van der Waals surface area contributed by atoms with Gasteiger partial charge in [-0.3, -0.25) is 14.4 Å². The molecule has 1 unspecified atom stereocenters. The first-order valence-corrected chi connectivity index (χ1v) is 8.19. The standard InChI is InChI=1S/C19H22FN3O3/c1-9-17(12(4)24)10(2)22-18(9)19(26)11(3)21-14-6-7-15(20)16(8-14)23-13(5)25/h6-8,11,21-22H,1-5H3,(H,23,25). The number of amides is 1. The van der Waals surface area contributed by atoms with Gasteiger partial charge in [0.15, 0.2) is 5.78 Å². The molecule has 0 bridgehead atoms. The van der Waals surface area contributed by atoms with Gasteiger partial charge in [0.2, 0.25) is 11.7 Å². The highest BCUT2D eigenvalue weighted by Gasteiger charge is 2.23. The van der Waals surface area contributed by atoms with Gasteiger partial charge in [-0.05, 0) is 51.5 Å². The molecule has 0 saturated heterocycles. The maximum atomic E-state index is 13.7. The molecular weight excluding hydrogens is 337 g/mol. The third kappa shape index (κ3) is 3.99. The lowest BCUT2D eigenvalue weighted by Crippen LogP contribution is -2.27. The molecule has 138 valence electrons. The quantitative estimate of drug-likeness (QED) is 0.687. The summed E-state index contributed by atoms with van der Waals surface area (Å²) in [5, 5.41) is 5.39. The van der Waals surface area contributed by atoms with Crippen molar-refractivity contribution in [1.82, 2.24) is 4.98 Å². The number of halogens is 1. The fourth-order valence-electron chi connectivity index (χ4n) is 2.96. The highest BCUT2D eigenvalue weighted by atomic mass is 19.1. The fourth-order valence-corrected chi connectivity index (χ4v) is 2.96. The topological polar surface area (TPSA) is 91.1 Å². The van der Waals surface area contributed by atoms with Gasteiger partial charge in [-0.25, -0.2) is 4.39 Å². The first kappa shape index (κ1) is 19.4. The number of aromatic nitrogens is 1. The van der Waals surface area contributed by atoms with Crippen molar-refractivity contribution in [1.29, 1.82) is 0 Å². The first-order chi connectivity index (χ1) is 12.1. The van der Waals surface area contributed by atoms with Crippen LogP contribution in [0.3, 0.4) is 0 Å². The van der Waals surface area contributed by atoms with E-state index in [1.54, 1.807) is 20.8 Å². The van der Waals surface area contributed by atoms with Gasteiger partial charge in [-0.15, -0.1) is 0 Å². The van der Waals surface area contributed by atoms with Crippen LogP contribution < -0.4 is 10.6 Å². The van der Waals surface area contributed by atoms with Crippen molar-refractivity contribution in [2.24, 2.45) is 0 Å². The number of benzene rings is 1. The summed E-state index contributed by atoms with van der Waals surface area (Å²) < 4.78 is 13.7. The molecule has 3 N–H and O–H groups in total. The average molecular weight is 359 g/mol. The van der Waals surface area contributed by atoms with Gasteiger partial charge < -0.3 is 15.6 Å². The minimum absolute atomic E-state index is 0.0351. The van der Waals surface area contributed by atoms with Crippen LogP contribution in [0.15, 0.2) is 18.2 Å². The summed E-state index contributed by atoms with van der Waals surface area (Å²) in [6.07, 6.45) is 0. The van der Waals surface area contributed by atoms with Crippen molar-refractivity contribution < 1.29 is 18.8 Å². The van der Waals surface area contributed by atoms with E-state index in [4.69, 9.17) is 0 Å². The lowest BCUT2D eigenvalue weighted by atomic mass is 10.0. The van der Waals surface area contributed by atoms with Gasteiger partial charge in [0, 0.05) is 23.9 Å². The highest BCUT2D eigenvalue weighted by Crippen LogP contribution is 2.23. The lowest BCUT2D eigenvalue weighted by molar-refractivity contribution is -0.114. The summed E-state index contributed by atoms with van der Waals surface area (Å²) in [6, 6.07) is 3.50. The molecule has 0 aliphatic rings. The summed E-state index contributed by atoms with van der Waals surface area (Å²) in [7, 11) is 0. The van der Waals surface area contributed by atoms with Crippen LogP contribution >= 0.6 is 0 Å². The van der Waals surface area contributed by atoms with Crippen molar-refractivity contribution >= 4 is 28.8 Å². The molecule has 0 spiro atoms. The molecule has 7 heteroatoms. The monoisotopic (exact) mass is 359 g/mol. The second-order valence-corrected chi connectivity index (χ2v) is 6.29. The molecule has 1 heterocycles. The minimum atomic E-state index is -0.623. The summed E-state index contributed by atoms with van der Waals surface area (Å²) in [5.74, 6) is -1.27. The van der Waals surface area contributed by atoms with Gasteiger partial charge in [-0.1, -0.05) is 0 Å². The minimum Gasteiger partial charge on any atom is -0.375 e. The van der Waals surface area contributed by atoms with Gasteiger partial charge >= 0.3 is 0 Å². The number of Topliss-reactive ketones (excluding diaryl/α,β-unsaturated/α-hetero) is 2. The Hall–Kier alpha value is -2.96. The zero-order valence-electron chi connectivity index (χ0n) is 15.4. The number of hydrogen-bond acceptors (Lipinski definition) is 4. The van der Waals surface area contributed by atoms with Crippen LogP contribution in [-0.4, -0.2) is 28.5 Å². The summed E-state index contributed by atoms with van der Waals surface area (Å²) in [6.45, 7) is 7.90. The van der Waals surface area contributed by atoms with Gasteiger partial charge in [0.1, 0.15) is 5.82 Å². The molecule has 0 saturated carbocycles. The Morgan fingerprint density at radius 2 is 1.81 bits per heavy atom. The lowest BCUT2D eigenvalue weighted by Gasteiger charge is -2.15. The predicted molar refractivity (Wildman–Crippen MR) is 98.4 cm³/mol. The van der Waals surface area contributed by atoms with E-state index in [1.807, 2.05) is 0 Å². The first-order valence-electron chi connectivity index (χ1n) is 8.19. The molecule has 6 nitrogen and oxygen atoms in total. The predicted octanol–water partition coefficient (Wildman–Crippen LogP) is 3.61. The average Bonchev–Trinajstić information content (AvgIpc) is 2.84. The van der Waals surface area contributed by atoms with E-state index in [0.29, 0.717) is 28.2 Å². The van der Waals surface area contributed by atoms with Crippen LogP contribution in [0.5, 0.6) is 0 Å². The second kappa shape index (κ2) is 7.51. The number of rotatable bonds is 6. The number of anilines is 2. The molecular formula is C19H22FN3O3. The smallest absolute Gasteiger partial charge is 0.221 e. The van der Waals surface area contributed by atoms with E-state index >= 15 is 0 Å². The van der Waals surface area contributed by atoms with Crippen molar-refractivity contribution in [3.8, 4) is 0 Å². The molecule has 0 fully saturated rings. The van der Waals surface area contributed by atoms with E-state index in [-0.39, 0.29) is 23.2 Å². The van der Waals surface area contributed by atoms with Crippen LogP contribution in [0, 0.1) is 19.7 Å². The van der Waals surface area contributed by atoms with Gasteiger partial charge in [0.25, 0.3) is 0 Å². The van der Waals surface area contributed by atoms with Crippen LogP contribution in [0.4, 0.5) is 15.8 Å². The molecule has 0 aliphatic carbocycles. The number of nitrogens with one attached hydrogen (secondary N) is 3. The molecule has 2 aromatic rings. The number of carbonyl (C=O) groups excluding carboxylic acids is 3. The number of H-pyrrole nitrogens is 1. The number of ketones is 2. The largest absolute Gasteiger partial charge is 0.375 e. The third-order valence-corrected chi connectivity index (χ3v) is 4.09. The fraction of sp³-hybridized carbons (Fsp3) is 0.316. The number of carbonyl (C=O) groups is 3. The molecule has 1 amide bonds. The Morgan fingerprint density at radius 1 is 1.15 bits per heavy atom. The van der Waals surface area contributed by atoms with E-state index < -0.39 is 11.9 Å². The molecule has 1 aromatic heterocycles.